The third-order valence-electron chi connectivity index (χ3n) is 4.72. The Labute approximate surface area is 149 Å². The Morgan fingerprint density at radius 2 is 1.88 bits per heavy atom. The molecule has 2 aromatic rings. The summed E-state index contributed by atoms with van der Waals surface area (Å²) in [5, 5.41) is 2.76. The highest BCUT2D eigenvalue weighted by molar-refractivity contribution is 6.10. The lowest BCUT2D eigenvalue weighted by Crippen LogP contribution is -2.59. The molecule has 2 aliphatic rings. The lowest BCUT2D eigenvalue weighted by molar-refractivity contribution is -0.121. The van der Waals surface area contributed by atoms with Crippen molar-refractivity contribution >= 4 is 23.4 Å². The predicted octanol–water partition coefficient (Wildman–Crippen LogP) is 1.74. The first-order valence-electron chi connectivity index (χ1n) is 8.30. The van der Waals surface area contributed by atoms with E-state index in [-0.39, 0.29) is 42.9 Å². The Balaban J connectivity index is 1.60. The second kappa shape index (κ2) is 6.25. The van der Waals surface area contributed by atoms with E-state index in [0.29, 0.717) is 11.3 Å². The Bertz CT molecular complexity index is 914. The predicted molar refractivity (Wildman–Crippen MR) is 92.2 cm³/mol. The minimum Gasteiger partial charge on any atom is -0.334 e. The van der Waals surface area contributed by atoms with Crippen LogP contribution in [0.3, 0.4) is 0 Å². The van der Waals surface area contributed by atoms with Crippen LogP contribution in [0.5, 0.6) is 0 Å². The number of benzene rings is 2. The summed E-state index contributed by atoms with van der Waals surface area (Å²) in [4.78, 5) is 41.0. The van der Waals surface area contributed by atoms with Gasteiger partial charge in [-0.1, -0.05) is 18.2 Å². The van der Waals surface area contributed by atoms with Crippen molar-refractivity contribution in [1.29, 1.82) is 0 Å². The van der Waals surface area contributed by atoms with Gasteiger partial charge in [0.15, 0.2) is 0 Å². The summed E-state index contributed by atoms with van der Waals surface area (Å²) < 4.78 is 13.4. The molecule has 3 amide bonds. The number of anilines is 1. The minimum atomic E-state index is -0.777. The first-order chi connectivity index (χ1) is 12.5. The van der Waals surface area contributed by atoms with Crippen molar-refractivity contribution in [2.45, 2.75) is 6.04 Å². The number of carbonyl (C=O) groups is 3. The van der Waals surface area contributed by atoms with Gasteiger partial charge in [0.25, 0.3) is 11.8 Å². The van der Waals surface area contributed by atoms with Gasteiger partial charge >= 0.3 is 0 Å². The molecule has 0 unspecified atom stereocenters. The van der Waals surface area contributed by atoms with Gasteiger partial charge in [-0.15, -0.1) is 0 Å². The number of hydrogen-bond donors (Lipinski definition) is 1. The molecule has 0 bridgehead atoms. The van der Waals surface area contributed by atoms with Gasteiger partial charge < -0.3 is 15.1 Å². The minimum absolute atomic E-state index is 0.0703. The highest BCUT2D eigenvalue weighted by Gasteiger charge is 2.40. The van der Waals surface area contributed by atoms with Crippen LogP contribution in [0.1, 0.15) is 20.7 Å². The van der Waals surface area contributed by atoms with E-state index in [2.05, 4.69) is 5.32 Å². The topological polar surface area (TPSA) is 69.7 Å². The molecule has 7 heteroatoms. The zero-order valence-corrected chi connectivity index (χ0v) is 13.8. The third-order valence-corrected chi connectivity index (χ3v) is 4.72. The summed E-state index contributed by atoms with van der Waals surface area (Å²) >= 11 is 0. The van der Waals surface area contributed by atoms with Crippen molar-refractivity contribution in [2.75, 3.05) is 25.0 Å². The zero-order chi connectivity index (χ0) is 18.3. The van der Waals surface area contributed by atoms with Gasteiger partial charge in [0.1, 0.15) is 11.9 Å². The zero-order valence-electron chi connectivity index (χ0n) is 13.8. The maximum Gasteiger partial charge on any atom is 0.256 e. The maximum absolute atomic E-state index is 13.4. The van der Waals surface area contributed by atoms with E-state index in [4.69, 9.17) is 0 Å². The molecule has 0 spiro atoms. The van der Waals surface area contributed by atoms with Crippen LogP contribution >= 0.6 is 0 Å². The molecule has 4 rings (SSSR count). The van der Waals surface area contributed by atoms with Crippen LogP contribution in [0.2, 0.25) is 0 Å². The van der Waals surface area contributed by atoms with Crippen LogP contribution in [0.25, 0.3) is 0 Å². The van der Waals surface area contributed by atoms with E-state index in [0.717, 1.165) is 0 Å². The van der Waals surface area contributed by atoms with Crippen LogP contribution in [-0.2, 0) is 4.79 Å². The lowest BCUT2D eigenvalue weighted by Gasteiger charge is -2.39. The fraction of sp³-hybridized carbons (Fsp3) is 0.211. The largest absolute Gasteiger partial charge is 0.334 e. The molecule has 1 N–H and O–H groups in total. The van der Waals surface area contributed by atoms with E-state index in [1.807, 2.05) is 0 Å². The Hall–Kier alpha value is -3.22. The molecule has 0 radical (unpaired) electrons. The molecular formula is C19H16FN3O3. The summed E-state index contributed by atoms with van der Waals surface area (Å²) in [5.74, 6) is -1.42. The van der Waals surface area contributed by atoms with Crippen molar-refractivity contribution in [1.82, 2.24) is 9.80 Å². The number of para-hydroxylation sites is 1. The fourth-order valence-electron chi connectivity index (χ4n) is 3.39. The smallest absolute Gasteiger partial charge is 0.256 e. The fourth-order valence-corrected chi connectivity index (χ4v) is 3.39. The normalized spacial score (nSPS) is 19.3. The third kappa shape index (κ3) is 2.71. The van der Waals surface area contributed by atoms with E-state index in [1.54, 1.807) is 24.3 Å². The van der Waals surface area contributed by atoms with Crippen molar-refractivity contribution in [2.24, 2.45) is 0 Å². The van der Waals surface area contributed by atoms with Crippen LogP contribution in [0.4, 0.5) is 10.1 Å². The maximum atomic E-state index is 13.4. The van der Waals surface area contributed by atoms with E-state index in [1.165, 1.54) is 34.1 Å². The molecule has 132 valence electrons. The Morgan fingerprint density at radius 1 is 1.08 bits per heavy atom. The monoisotopic (exact) mass is 353 g/mol. The van der Waals surface area contributed by atoms with Crippen molar-refractivity contribution in [3.05, 3.63) is 65.5 Å². The summed E-state index contributed by atoms with van der Waals surface area (Å²) in [6.45, 7) is 0.597. The van der Waals surface area contributed by atoms with Gasteiger partial charge in [-0.25, -0.2) is 4.39 Å². The van der Waals surface area contributed by atoms with Crippen molar-refractivity contribution in [3.8, 4) is 0 Å². The highest BCUT2D eigenvalue weighted by Crippen LogP contribution is 2.25. The molecule has 2 aliphatic heterocycles. The molecule has 2 aromatic carbocycles. The van der Waals surface area contributed by atoms with Gasteiger partial charge in [0, 0.05) is 18.7 Å². The number of nitrogens with zero attached hydrogens (tertiary/aromatic N) is 2. The van der Waals surface area contributed by atoms with Gasteiger partial charge in [-0.2, -0.15) is 0 Å². The number of nitrogens with one attached hydrogen (secondary N) is 1. The van der Waals surface area contributed by atoms with Crippen molar-refractivity contribution < 1.29 is 18.8 Å². The Morgan fingerprint density at radius 3 is 2.69 bits per heavy atom. The first kappa shape index (κ1) is 16.3. The number of rotatable bonds is 1. The molecule has 1 saturated heterocycles. The number of amides is 3. The van der Waals surface area contributed by atoms with Gasteiger partial charge in [0.05, 0.1) is 17.8 Å². The Kier molecular flexibility index (Phi) is 3.91. The van der Waals surface area contributed by atoms with Crippen molar-refractivity contribution in [3.63, 3.8) is 0 Å². The standard InChI is InChI=1S/C19H16FN3O3/c20-13-5-3-4-12(10-13)18(25)22-8-9-23-16(11-22)17(24)21-15-7-2-1-6-14(15)19(23)26/h1-7,10,16H,8-9,11H2,(H,21,24)/t16-/m1/s1. The van der Waals surface area contributed by atoms with Gasteiger partial charge in [-0.05, 0) is 30.3 Å². The summed E-state index contributed by atoms with van der Waals surface area (Å²) in [6.07, 6.45) is 0. The number of hydrogen-bond acceptors (Lipinski definition) is 3. The molecule has 0 aromatic heterocycles. The van der Waals surface area contributed by atoms with Crippen LogP contribution < -0.4 is 5.32 Å². The summed E-state index contributed by atoms with van der Waals surface area (Å²) in [6, 6.07) is 11.5. The van der Waals surface area contributed by atoms with E-state index < -0.39 is 11.9 Å². The van der Waals surface area contributed by atoms with E-state index in [9.17, 15) is 18.8 Å². The first-order valence-corrected chi connectivity index (χ1v) is 8.30. The molecule has 0 saturated carbocycles. The van der Waals surface area contributed by atoms with E-state index >= 15 is 0 Å². The molecule has 1 fully saturated rings. The average molecular weight is 353 g/mol. The number of carbonyl (C=O) groups excluding carboxylic acids is 3. The SMILES string of the molecule is O=C1Nc2ccccc2C(=O)N2CCN(C(=O)c3cccc(F)c3)C[C@H]12. The second-order valence-corrected chi connectivity index (χ2v) is 6.31. The quantitative estimate of drug-likeness (QED) is 0.849. The molecule has 6 nitrogen and oxygen atoms in total. The molecule has 26 heavy (non-hydrogen) atoms. The number of piperazine rings is 1. The lowest BCUT2D eigenvalue weighted by atomic mass is 10.1. The molecule has 1 atom stereocenters. The average Bonchev–Trinajstić information content (AvgIpc) is 2.76. The van der Waals surface area contributed by atoms with Gasteiger partial charge in [0.2, 0.25) is 5.91 Å². The number of fused-ring (bicyclic) bond motifs is 2. The number of halogens is 1. The van der Waals surface area contributed by atoms with Gasteiger partial charge in [-0.3, -0.25) is 14.4 Å². The van der Waals surface area contributed by atoms with Crippen LogP contribution in [-0.4, -0.2) is 53.2 Å². The summed E-state index contributed by atoms with van der Waals surface area (Å²) in [7, 11) is 0. The molecule has 2 heterocycles. The summed E-state index contributed by atoms with van der Waals surface area (Å²) in [5.41, 5.74) is 1.13. The molecular weight excluding hydrogens is 337 g/mol. The van der Waals surface area contributed by atoms with Crippen LogP contribution in [0.15, 0.2) is 48.5 Å². The second-order valence-electron chi connectivity index (χ2n) is 6.31. The molecule has 0 aliphatic carbocycles. The highest BCUT2D eigenvalue weighted by atomic mass is 19.1. The van der Waals surface area contributed by atoms with Crippen LogP contribution in [0, 0.1) is 5.82 Å².